The van der Waals surface area contributed by atoms with Gasteiger partial charge in [-0.25, -0.2) is 15.0 Å². The zero-order valence-corrected chi connectivity index (χ0v) is 19.8. The van der Waals surface area contributed by atoms with Gasteiger partial charge in [-0.3, -0.25) is 9.25 Å². The standard InChI is InChI=1S/C24H29N7O4/c1-24(2,3)15-6-4-13(5-7-15)9-30-10-14(8-27-30)21-28-20(25)17-22(29-21)31(12-26-17)23-19(34)18(33)16(11-32)35-23/h4-8,10,12,16,18-19,23,32-34H,9,11H2,1-3H3,(H2,25,28,29)/t16-,18-,19-,23?/m0/s1. The molecule has 5 N–H and O–H groups in total. The summed E-state index contributed by atoms with van der Waals surface area (Å²) in [6.45, 7) is 6.71. The summed E-state index contributed by atoms with van der Waals surface area (Å²) in [6.07, 6.45) is 0.524. The van der Waals surface area contributed by atoms with E-state index in [1.807, 2.05) is 6.20 Å². The predicted octanol–water partition coefficient (Wildman–Crippen LogP) is 1.23. The van der Waals surface area contributed by atoms with Gasteiger partial charge < -0.3 is 25.8 Å². The molecule has 11 nitrogen and oxygen atoms in total. The van der Waals surface area contributed by atoms with Crippen molar-refractivity contribution in [3.63, 3.8) is 0 Å². The zero-order valence-electron chi connectivity index (χ0n) is 19.8. The molecule has 4 atom stereocenters. The van der Waals surface area contributed by atoms with Crippen LogP contribution < -0.4 is 5.73 Å². The summed E-state index contributed by atoms with van der Waals surface area (Å²) in [5, 5.41) is 34.4. The Morgan fingerprint density at radius 1 is 1.09 bits per heavy atom. The Morgan fingerprint density at radius 2 is 1.83 bits per heavy atom. The van der Waals surface area contributed by atoms with Crippen LogP contribution in [-0.4, -0.2) is 69.5 Å². The highest BCUT2D eigenvalue weighted by atomic mass is 16.6. The maximum absolute atomic E-state index is 10.4. The van der Waals surface area contributed by atoms with Crippen LogP contribution in [0.2, 0.25) is 0 Å². The minimum atomic E-state index is -1.27. The zero-order chi connectivity index (χ0) is 24.9. The number of hydrogen-bond donors (Lipinski definition) is 4. The summed E-state index contributed by atoms with van der Waals surface area (Å²) in [6, 6.07) is 8.47. The quantitative estimate of drug-likeness (QED) is 0.330. The number of nitrogen functional groups attached to an aromatic ring is 1. The third-order valence-electron chi connectivity index (χ3n) is 6.30. The molecule has 5 rings (SSSR count). The molecule has 1 saturated heterocycles. The fourth-order valence-corrected chi connectivity index (χ4v) is 4.23. The predicted molar refractivity (Wildman–Crippen MR) is 128 cm³/mol. The summed E-state index contributed by atoms with van der Waals surface area (Å²) in [4.78, 5) is 13.2. The maximum atomic E-state index is 10.4. The molecule has 4 aromatic rings. The molecule has 3 aromatic heterocycles. The maximum Gasteiger partial charge on any atom is 0.168 e. The lowest BCUT2D eigenvalue weighted by atomic mass is 9.87. The van der Waals surface area contributed by atoms with Gasteiger partial charge in [0.15, 0.2) is 23.5 Å². The summed E-state index contributed by atoms with van der Waals surface area (Å²) in [5.74, 6) is 0.513. The minimum Gasteiger partial charge on any atom is -0.394 e. The highest BCUT2D eigenvalue weighted by Gasteiger charge is 2.44. The fourth-order valence-electron chi connectivity index (χ4n) is 4.23. The number of rotatable bonds is 5. The molecule has 4 heterocycles. The average Bonchev–Trinajstić information content (AvgIpc) is 3.52. The van der Waals surface area contributed by atoms with Crippen molar-refractivity contribution in [2.75, 3.05) is 12.3 Å². The van der Waals surface area contributed by atoms with Crippen molar-refractivity contribution in [3.05, 3.63) is 54.1 Å². The van der Waals surface area contributed by atoms with Gasteiger partial charge in [0.2, 0.25) is 0 Å². The van der Waals surface area contributed by atoms with Crippen molar-refractivity contribution in [1.82, 2.24) is 29.3 Å². The number of aliphatic hydroxyl groups excluding tert-OH is 3. The summed E-state index contributed by atoms with van der Waals surface area (Å²) >= 11 is 0. The third-order valence-corrected chi connectivity index (χ3v) is 6.30. The molecule has 11 heteroatoms. The van der Waals surface area contributed by atoms with Gasteiger partial charge in [-0.1, -0.05) is 45.0 Å². The molecule has 184 valence electrons. The Balaban J connectivity index is 1.43. The van der Waals surface area contributed by atoms with E-state index < -0.39 is 31.1 Å². The van der Waals surface area contributed by atoms with Crippen LogP contribution >= 0.6 is 0 Å². The lowest BCUT2D eigenvalue weighted by Gasteiger charge is -2.19. The number of benzene rings is 1. The molecule has 0 amide bonds. The Hall–Kier alpha value is -3.38. The van der Waals surface area contributed by atoms with Crippen LogP contribution in [0.25, 0.3) is 22.6 Å². The number of fused-ring (bicyclic) bond motifs is 1. The summed E-state index contributed by atoms with van der Waals surface area (Å²) < 4.78 is 8.92. The van der Waals surface area contributed by atoms with Gasteiger partial charge in [0.05, 0.1) is 31.2 Å². The van der Waals surface area contributed by atoms with E-state index in [1.54, 1.807) is 10.9 Å². The second kappa shape index (κ2) is 8.68. The Labute approximate surface area is 201 Å². The van der Waals surface area contributed by atoms with E-state index in [4.69, 9.17) is 10.5 Å². The molecular formula is C24H29N7O4. The van der Waals surface area contributed by atoms with E-state index in [2.05, 4.69) is 65.1 Å². The van der Waals surface area contributed by atoms with E-state index >= 15 is 0 Å². The van der Waals surface area contributed by atoms with Gasteiger partial charge >= 0.3 is 0 Å². The van der Waals surface area contributed by atoms with Crippen LogP contribution in [0.1, 0.15) is 38.1 Å². The molecule has 0 radical (unpaired) electrons. The lowest BCUT2D eigenvalue weighted by molar-refractivity contribution is -0.0511. The number of anilines is 1. The number of aliphatic hydroxyl groups is 3. The number of imidazole rings is 1. The highest BCUT2D eigenvalue weighted by Crippen LogP contribution is 2.32. The number of nitrogens with zero attached hydrogens (tertiary/aromatic N) is 6. The molecule has 1 aromatic carbocycles. The number of ether oxygens (including phenoxy) is 1. The first-order chi connectivity index (χ1) is 16.7. The SMILES string of the molecule is CC(C)(C)c1ccc(Cn2cc(-c3nc(N)c4ncn(C5O[C@@H](CO)[C@H](O)[C@@H]5O)c4n3)cn2)cc1. The number of hydrogen-bond acceptors (Lipinski definition) is 9. The number of nitrogens with two attached hydrogens (primary N) is 1. The van der Waals surface area contributed by atoms with E-state index in [1.165, 1.54) is 16.5 Å². The normalized spacial score (nSPS) is 22.8. The highest BCUT2D eigenvalue weighted by molar-refractivity contribution is 5.83. The van der Waals surface area contributed by atoms with Crippen molar-refractivity contribution >= 4 is 17.0 Å². The topological polar surface area (TPSA) is 157 Å². The molecule has 0 aliphatic carbocycles. The van der Waals surface area contributed by atoms with Crippen LogP contribution in [0.3, 0.4) is 0 Å². The van der Waals surface area contributed by atoms with Crippen molar-refractivity contribution in [2.24, 2.45) is 0 Å². The second-order valence-electron chi connectivity index (χ2n) is 9.86. The minimum absolute atomic E-state index is 0.0938. The largest absolute Gasteiger partial charge is 0.394 e. The van der Waals surface area contributed by atoms with Crippen LogP contribution in [0, 0.1) is 0 Å². The molecule has 1 aliphatic rings. The molecule has 35 heavy (non-hydrogen) atoms. The van der Waals surface area contributed by atoms with Crippen molar-refractivity contribution in [2.45, 2.75) is 57.3 Å². The molecule has 0 bridgehead atoms. The molecular weight excluding hydrogens is 450 g/mol. The Morgan fingerprint density at radius 3 is 2.49 bits per heavy atom. The van der Waals surface area contributed by atoms with E-state index in [0.717, 1.165) is 5.56 Å². The van der Waals surface area contributed by atoms with Crippen LogP contribution in [-0.2, 0) is 16.7 Å². The van der Waals surface area contributed by atoms with E-state index in [9.17, 15) is 15.3 Å². The van der Waals surface area contributed by atoms with Gasteiger partial charge in [0.1, 0.15) is 23.8 Å². The summed E-state index contributed by atoms with van der Waals surface area (Å²) in [5.41, 5.74) is 9.99. The third kappa shape index (κ3) is 4.27. The first-order valence-electron chi connectivity index (χ1n) is 11.4. The number of aromatic nitrogens is 6. The monoisotopic (exact) mass is 479 g/mol. The van der Waals surface area contributed by atoms with Crippen LogP contribution in [0.5, 0.6) is 0 Å². The van der Waals surface area contributed by atoms with Crippen molar-refractivity contribution in [1.29, 1.82) is 0 Å². The van der Waals surface area contributed by atoms with Crippen molar-refractivity contribution in [3.8, 4) is 11.4 Å². The van der Waals surface area contributed by atoms with Crippen LogP contribution in [0.4, 0.5) is 5.82 Å². The molecule has 0 spiro atoms. The van der Waals surface area contributed by atoms with Gasteiger partial charge in [0, 0.05) is 6.20 Å². The first kappa shape index (κ1) is 23.4. The van der Waals surface area contributed by atoms with Crippen LogP contribution in [0.15, 0.2) is 43.0 Å². The summed E-state index contributed by atoms with van der Waals surface area (Å²) in [7, 11) is 0. The second-order valence-corrected chi connectivity index (χ2v) is 9.86. The van der Waals surface area contributed by atoms with Gasteiger partial charge in [-0.15, -0.1) is 0 Å². The Bertz CT molecular complexity index is 1340. The van der Waals surface area contributed by atoms with Gasteiger partial charge in [-0.2, -0.15) is 5.10 Å². The van der Waals surface area contributed by atoms with Gasteiger partial charge in [-0.05, 0) is 16.5 Å². The smallest absolute Gasteiger partial charge is 0.168 e. The molecule has 1 fully saturated rings. The average molecular weight is 480 g/mol. The lowest BCUT2D eigenvalue weighted by Crippen LogP contribution is -2.33. The van der Waals surface area contributed by atoms with E-state index in [0.29, 0.717) is 29.1 Å². The first-order valence-corrected chi connectivity index (χ1v) is 11.4. The molecule has 1 unspecified atom stereocenters. The fraction of sp³-hybridized carbons (Fsp3) is 0.417. The molecule has 1 aliphatic heterocycles. The Kier molecular flexibility index (Phi) is 5.80. The van der Waals surface area contributed by atoms with Gasteiger partial charge in [0.25, 0.3) is 0 Å². The van der Waals surface area contributed by atoms with E-state index in [-0.39, 0.29) is 11.2 Å². The van der Waals surface area contributed by atoms with Crippen molar-refractivity contribution < 1.29 is 20.1 Å². The molecule has 0 saturated carbocycles.